The SMILES string of the molecule is C=CC(=O)OC(C)NC(C)CCCCC. The Morgan fingerprint density at radius 1 is 1.47 bits per heavy atom. The minimum absolute atomic E-state index is 0.243. The monoisotopic (exact) mass is 213 g/mol. The van der Waals surface area contributed by atoms with Crippen molar-refractivity contribution in [3.63, 3.8) is 0 Å². The van der Waals surface area contributed by atoms with E-state index in [0.717, 1.165) is 6.42 Å². The number of carbonyl (C=O) groups is 1. The van der Waals surface area contributed by atoms with E-state index in [0.29, 0.717) is 6.04 Å². The minimum Gasteiger partial charge on any atom is -0.444 e. The van der Waals surface area contributed by atoms with Crippen LogP contribution in [0.2, 0.25) is 0 Å². The molecule has 0 saturated heterocycles. The quantitative estimate of drug-likeness (QED) is 0.291. The topological polar surface area (TPSA) is 38.3 Å². The lowest BCUT2D eigenvalue weighted by Crippen LogP contribution is -2.37. The number of rotatable bonds is 8. The molecule has 0 heterocycles. The van der Waals surface area contributed by atoms with Gasteiger partial charge in [-0.05, 0) is 20.3 Å². The van der Waals surface area contributed by atoms with Gasteiger partial charge in [-0.15, -0.1) is 0 Å². The van der Waals surface area contributed by atoms with Crippen molar-refractivity contribution in [2.24, 2.45) is 0 Å². The molecule has 0 aliphatic heterocycles. The highest BCUT2D eigenvalue weighted by Gasteiger charge is 2.09. The first-order chi connectivity index (χ1) is 7.10. The van der Waals surface area contributed by atoms with E-state index >= 15 is 0 Å². The fourth-order valence-electron chi connectivity index (χ4n) is 1.44. The van der Waals surface area contributed by atoms with E-state index in [2.05, 4.69) is 25.7 Å². The molecule has 3 nitrogen and oxygen atoms in total. The van der Waals surface area contributed by atoms with Gasteiger partial charge in [-0.2, -0.15) is 0 Å². The van der Waals surface area contributed by atoms with Crippen LogP contribution in [0.1, 0.15) is 46.5 Å². The van der Waals surface area contributed by atoms with E-state index in [1.54, 1.807) is 0 Å². The number of nitrogens with one attached hydrogen (secondary N) is 1. The molecule has 0 fully saturated rings. The second-order valence-electron chi connectivity index (χ2n) is 3.85. The first-order valence-electron chi connectivity index (χ1n) is 5.69. The summed E-state index contributed by atoms with van der Waals surface area (Å²) in [6.45, 7) is 9.47. The van der Waals surface area contributed by atoms with E-state index in [1.807, 2.05) is 6.92 Å². The van der Waals surface area contributed by atoms with Crippen molar-refractivity contribution in [2.75, 3.05) is 0 Å². The summed E-state index contributed by atoms with van der Waals surface area (Å²) in [5, 5.41) is 3.21. The highest BCUT2D eigenvalue weighted by Crippen LogP contribution is 2.03. The first kappa shape index (κ1) is 14.2. The van der Waals surface area contributed by atoms with Crippen LogP contribution in [-0.4, -0.2) is 18.2 Å². The first-order valence-corrected chi connectivity index (χ1v) is 5.69. The molecule has 3 heteroatoms. The molecule has 2 unspecified atom stereocenters. The zero-order valence-electron chi connectivity index (χ0n) is 10.1. The highest BCUT2D eigenvalue weighted by molar-refractivity contribution is 5.81. The number of carbonyl (C=O) groups excluding carboxylic acids is 1. The normalized spacial score (nSPS) is 14.3. The number of hydrogen-bond acceptors (Lipinski definition) is 3. The van der Waals surface area contributed by atoms with Crippen LogP contribution in [0.4, 0.5) is 0 Å². The molecule has 0 saturated carbocycles. The maximum absolute atomic E-state index is 10.9. The van der Waals surface area contributed by atoms with Crippen LogP contribution in [0.15, 0.2) is 12.7 Å². The van der Waals surface area contributed by atoms with Gasteiger partial charge in [-0.3, -0.25) is 5.32 Å². The van der Waals surface area contributed by atoms with Gasteiger partial charge in [0.25, 0.3) is 0 Å². The molecule has 0 bridgehead atoms. The standard InChI is InChI=1S/C12H23NO2/c1-5-7-8-9-10(3)13-11(4)15-12(14)6-2/h6,10-11,13H,2,5,7-9H2,1,3-4H3. The molecule has 0 spiro atoms. The lowest BCUT2D eigenvalue weighted by Gasteiger charge is -2.19. The minimum atomic E-state index is -0.379. The Morgan fingerprint density at radius 2 is 2.13 bits per heavy atom. The van der Waals surface area contributed by atoms with Gasteiger partial charge in [0.05, 0.1) is 0 Å². The van der Waals surface area contributed by atoms with E-state index in [-0.39, 0.29) is 12.2 Å². The number of ether oxygens (including phenoxy) is 1. The molecule has 0 rings (SSSR count). The van der Waals surface area contributed by atoms with Crippen LogP contribution in [-0.2, 0) is 9.53 Å². The van der Waals surface area contributed by atoms with Crippen molar-refractivity contribution in [2.45, 2.75) is 58.7 Å². The van der Waals surface area contributed by atoms with Crippen molar-refractivity contribution in [1.82, 2.24) is 5.32 Å². The number of hydrogen-bond donors (Lipinski definition) is 1. The van der Waals surface area contributed by atoms with E-state index in [9.17, 15) is 4.79 Å². The molecule has 0 aliphatic carbocycles. The third-order valence-corrected chi connectivity index (χ3v) is 2.22. The predicted octanol–water partition coefficient (Wildman–Crippen LogP) is 2.62. The molecule has 0 aromatic carbocycles. The molecule has 1 N–H and O–H groups in total. The summed E-state index contributed by atoms with van der Waals surface area (Å²) in [4.78, 5) is 10.9. The summed E-state index contributed by atoms with van der Waals surface area (Å²) in [5.41, 5.74) is 0. The van der Waals surface area contributed by atoms with Crippen LogP contribution in [0.5, 0.6) is 0 Å². The average molecular weight is 213 g/mol. The Hall–Kier alpha value is -0.830. The van der Waals surface area contributed by atoms with E-state index < -0.39 is 0 Å². The fraction of sp³-hybridized carbons (Fsp3) is 0.750. The van der Waals surface area contributed by atoms with Gasteiger partial charge in [0.15, 0.2) is 6.23 Å². The summed E-state index contributed by atoms with van der Waals surface area (Å²) < 4.78 is 5.01. The highest BCUT2D eigenvalue weighted by atomic mass is 16.6. The van der Waals surface area contributed by atoms with Crippen LogP contribution < -0.4 is 5.32 Å². The molecule has 15 heavy (non-hydrogen) atoms. The summed E-state index contributed by atoms with van der Waals surface area (Å²) in [5.74, 6) is -0.379. The van der Waals surface area contributed by atoms with E-state index in [1.165, 1.54) is 25.3 Å². The number of esters is 1. The Morgan fingerprint density at radius 3 is 2.67 bits per heavy atom. The molecule has 2 atom stereocenters. The van der Waals surface area contributed by atoms with Crippen molar-refractivity contribution < 1.29 is 9.53 Å². The third-order valence-electron chi connectivity index (χ3n) is 2.22. The second kappa shape index (κ2) is 8.48. The van der Waals surface area contributed by atoms with Gasteiger partial charge >= 0.3 is 5.97 Å². The Labute approximate surface area is 92.9 Å². The average Bonchev–Trinajstić information content (AvgIpc) is 2.17. The predicted molar refractivity (Wildman–Crippen MR) is 62.5 cm³/mol. The van der Waals surface area contributed by atoms with E-state index in [4.69, 9.17) is 4.74 Å². The van der Waals surface area contributed by atoms with Gasteiger partial charge in [-0.25, -0.2) is 4.79 Å². The van der Waals surface area contributed by atoms with Gasteiger partial charge < -0.3 is 4.74 Å². The molecule has 0 amide bonds. The Balaban J connectivity index is 3.61. The largest absolute Gasteiger partial charge is 0.444 e. The Kier molecular flexibility index (Phi) is 8.01. The molecule has 0 aliphatic rings. The maximum atomic E-state index is 10.9. The number of unbranched alkanes of at least 4 members (excludes halogenated alkanes) is 2. The van der Waals surface area contributed by atoms with Crippen LogP contribution >= 0.6 is 0 Å². The van der Waals surface area contributed by atoms with Crippen molar-refractivity contribution >= 4 is 5.97 Å². The zero-order valence-corrected chi connectivity index (χ0v) is 10.1. The summed E-state index contributed by atoms with van der Waals surface area (Å²) in [6, 6.07) is 0.379. The lowest BCUT2D eigenvalue weighted by atomic mass is 10.1. The summed E-state index contributed by atoms with van der Waals surface area (Å²) >= 11 is 0. The smallest absolute Gasteiger partial charge is 0.331 e. The van der Waals surface area contributed by atoms with Crippen molar-refractivity contribution in [1.29, 1.82) is 0 Å². The summed E-state index contributed by atoms with van der Waals surface area (Å²) in [6.07, 6.45) is 5.75. The zero-order chi connectivity index (χ0) is 11.7. The third kappa shape index (κ3) is 8.18. The second-order valence-corrected chi connectivity index (χ2v) is 3.85. The maximum Gasteiger partial charge on any atom is 0.331 e. The Bertz CT molecular complexity index is 192. The molecular weight excluding hydrogens is 190 g/mol. The van der Waals surface area contributed by atoms with Crippen molar-refractivity contribution in [3.8, 4) is 0 Å². The molecule has 0 aromatic heterocycles. The van der Waals surface area contributed by atoms with Crippen LogP contribution in [0.25, 0.3) is 0 Å². The lowest BCUT2D eigenvalue weighted by molar-refractivity contribution is -0.143. The van der Waals surface area contributed by atoms with Gasteiger partial charge in [0, 0.05) is 12.1 Å². The molecule has 0 radical (unpaired) electrons. The van der Waals surface area contributed by atoms with Crippen molar-refractivity contribution in [3.05, 3.63) is 12.7 Å². The van der Waals surface area contributed by atoms with Gasteiger partial charge in [0.1, 0.15) is 0 Å². The molecule has 88 valence electrons. The summed E-state index contributed by atoms with van der Waals surface area (Å²) in [7, 11) is 0. The van der Waals surface area contributed by atoms with Crippen LogP contribution in [0.3, 0.4) is 0 Å². The van der Waals surface area contributed by atoms with Gasteiger partial charge in [0.2, 0.25) is 0 Å². The van der Waals surface area contributed by atoms with Gasteiger partial charge in [-0.1, -0.05) is 32.8 Å². The fourth-order valence-corrected chi connectivity index (χ4v) is 1.44. The molecular formula is C12H23NO2. The molecule has 0 aromatic rings. The van der Waals surface area contributed by atoms with Crippen LogP contribution in [0, 0.1) is 0 Å².